The molecule has 0 aliphatic carbocycles. The minimum atomic E-state index is -0.676. The van der Waals surface area contributed by atoms with Crippen molar-refractivity contribution in [2.45, 2.75) is 79.2 Å². The maximum atomic E-state index is 14.0. The maximum Gasteiger partial charge on any atom is 0.251 e. The number of aromatic nitrogens is 2. The van der Waals surface area contributed by atoms with E-state index in [1.54, 1.807) is 7.05 Å². The van der Waals surface area contributed by atoms with Crippen LogP contribution in [0.1, 0.15) is 83.1 Å². The van der Waals surface area contributed by atoms with Crippen LogP contribution < -0.4 is 10.6 Å². The molecular formula is C35H52N6O2. The van der Waals surface area contributed by atoms with Gasteiger partial charge in [-0.05, 0) is 107 Å². The van der Waals surface area contributed by atoms with E-state index in [0.29, 0.717) is 17.4 Å². The fraction of sp³-hybridized carbons (Fsp3) is 0.571. The standard InChI is InChI=1S/C35H52N6O2/c1-25(2)23-40(24-26(3)4)33(43)35(5,6)28-14-17-30-31(22-28)41(21-11-20-39-18-9-8-10-19-39)34(38-30)37-29-15-12-27(13-16-29)32(42)36-7/h12-17,22,25-26H,8-11,18-21,23-24H2,1-7H3,(H,36,42)(H,37,38). The summed E-state index contributed by atoms with van der Waals surface area (Å²) >= 11 is 0. The summed E-state index contributed by atoms with van der Waals surface area (Å²) in [6, 6.07) is 13.7. The van der Waals surface area contributed by atoms with Crippen LogP contribution in [0.4, 0.5) is 11.6 Å². The van der Waals surface area contributed by atoms with Gasteiger partial charge in [-0.3, -0.25) is 9.59 Å². The largest absolute Gasteiger partial charge is 0.355 e. The van der Waals surface area contributed by atoms with E-state index in [2.05, 4.69) is 66.0 Å². The van der Waals surface area contributed by atoms with E-state index in [4.69, 9.17) is 4.98 Å². The smallest absolute Gasteiger partial charge is 0.251 e. The molecule has 8 heteroatoms. The third-order valence-corrected chi connectivity index (χ3v) is 8.40. The van der Waals surface area contributed by atoms with Gasteiger partial charge in [-0.25, -0.2) is 4.98 Å². The van der Waals surface area contributed by atoms with Crippen molar-refractivity contribution in [2.24, 2.45) is 11.8 Å². The minimum Gasteiger partial charge on any atom is -0.355 e. The van der Waals surface area contributed by atoms with Gasteiger partial charge >= 0.3 is 0 Å². The van der Waals surface area contributed by atoms with Gasteiger partial charge in [0, 0.05) is 37.9 Å². The van der Waals surface area contributed by atoms with Crippen LogP contribution in [-0.2, 0) is 16.8 Å². The predicted octanol–water partition coefficient (Wildman–Crippen LogP) is 6.43. The molecule has 43 heavy (non-hydrogen) atoms. The van der Waals surface area contributed by atoms with Crippen molar-refractivity contribution < 1.29 is 9.59 Å². The average Bonchev–Trinajstić information content (AvgIpc) is 3.32. The van der Waals surface area contributed by atoms with Gasteiger partial charge in [-0.1, -0.05) is 40.2 Å². The van der Waals surface area contributed by atoms with Gasteiger partial charge in [0.2, 0.25) is 11.9 Å². The van der Waals surface area contributed by atoms with Crippen LogP contribution in [0.5, 0.6) is 0 Å². The highest BCUT2D eigenvalue weighted by atomic mass is 16.2. The zero-order valence-electron chi connectivity index (χ0n) is 27.4. The summed E-state index contributed by atoms with van der Waals surface area (Å²) in [7, 11) is 1.63. The molecule has 0 unspecified atom stereocenters. The van der Waals surface area contributed by atoms with Crippen LogP contribution in [0.25, 0.3) is 11.0 Å². The molecular weight excluding hydrogens is 536 g/mol. The topological polar surface area (TPSA) is 82.5 Å². The Hall–Kier alpha value is -3.39. The lowest BCUT2D eigenvalue weighted by Gasteiger charge is -2.34. The Balaban J connectivity index is 1.66. The molecule has 1 fully saturated rings. The van der Waals surface area contributed by atoms with Crippen molar-refractivity contribution in [3.8, 4) is 0 Å². The number of hydrogen-bond acceptors (Lipinski definition) is 5. The lowest BCUT2D eigenvalue weighted by atomic mass is 9.82. The number of piperidine rings is 1. The number of benzene rings is 2. The van der Waals surface area contributed by atoms with Crippen LogP contribution in [0.2, 0.25) is 0 Å². The average molecular weight is 589 g/mol. The highest BCUT2D eigenvalue weighted by molar-refractivity contribution is 5.94. The van der Waals surface area contributed by atoms with Crippen molar-refractivity contribution in [1.82, 2.24) is 24.7 Å². The molecule has 0 spiro atoms. The van der Waals surface area contributed by atoms with Gasteiger partial charge in [-0.2, -0.15) is 0 Å². The van der Waals surface area contributed by atoms with Crippen LogP contribution in [0.15, 0.2) is 42.5 Å². The highest BCUT2D eigenvalue weighted by Crippen LogP contribution is 2.32. The number of aryl methyl sites for hydroxylation is 1. The van der Waals surface area contributed by atoms with Gasteiger partial charge in [0.1, 0.15) is 0 Å². The normalized spacial score (nSPS) is 14.4. The zero-order chi connectivity index (χ0) is 31.1. The Morgan fingerprint density at radius 2 is 1.58 bits per heavy atom. The molecule has 1 aromatic heterocycles. The molecule has 3 aromatic rings. The van der Waals surface area contributed by atoms with Gasteiger partial charge in [0.15, 0.2) is 0 Å². The van der Waals surface area contributed by atoms with Crippen molar-refractivity contribution in [3.63, 3.8) is 0 Å². The predicted molar refractivity (Wildman–Crippen MR) is 177 cm³/mol. The quantitative estimate of drug-likeness (QED) is 0.240. The minimum absolute atomic E-state index is 0.110. The SMILES string of the molecule is CNC(=O)c1ccc(Nc2nc3ccc(C(C)(C)C(=O)N(CC(C)C)CC(C)C)cc3n2CCCN2CCCCC2)cc1. The second-order valence-corrected chi connectivity index (χ2v) is 13.5. The molecule has 0 atom stereocenters. The Kier molecular flexibility index (Phi) is 10.9. The number of carbonyl (C=O) groups excluding carboxylic acids is 2. The molecule has 1 aliphatic heterocycles. The molecule has 2 aromatic carbocycles. The fourth-order valence-corrected chi connectivity index (χ4v) is 6.09. The molecule has 234 valence electrons. The second kappa shape index (κ2) is 14.4. The first-order valence-electron chi connectivity index (χ1n) is 16.1. The Bertz CT molecular complexity index is 1360. The first kappa shape index (κ1) is 32.5. The Morgan fingerprint density at radius 1 is 0.930 bits per heavy atom. The van der Waals surface area contributed by atoms with Crippen LogP contribution >= 0.6 is 0 Å². The number of nitrogens with zero attached hydrogens (tertiary/aromatic N) is 4. The lowest BCUT2D eigenvalue weighted by molar-refractivity contribution is -0.137. The molecule has 2 amide bonds. The number of likely N-dealkylation sites (tertiary alicyclic amines) is 1. The number of carbonyl (C=O) groups is 2. The van der Waals surface area contributed by atoms with Crippen LogP contribution in [0.3, 0.4) is 0 Å². The molecule has 0 radical (unpaired) electrons. The Labute approximate surface area is 258 Å². The van der Waals surface area contributed by atoms with Crippen LogP contribution in [0, 0.1) is 11.8 Å². The van der Waals surface area contributed by atoms with Gasteiger partial charge in [-0.15, -0.1) is 0 Å². The van der Waals surface area contributed by atoms with E-state index in [0.717, 1.165) is 60.8 Å². The Morgan fingerprint density at radius 3 is 2.19 bits per heavy atom. The highest BCUT2D eigenvalue weighted by Gasteiger charge is 2.35. The fourth-order valence-electron chi connectivity index (χ4n) is 6.09. The van der Waals surface area contributed by atoms with Gasteiger partial charge < -0.3 is 25.0 Å². The second-order valence-electron chi connectivity index (χ2n) is 13.5. The molecule has 1 aliphatic rings. The maximum absolute atomic E-state index is 14.0. The molecule has 2 N–H and O–H groups in total. The monoisotopic (exact) mass is 588 g/mol. The molecule has 4 rings (SSSR count). The summed E-state index contributed by atoms with van der Waals surface area (Å²) in [6.45, 7) is 18.5. The summed E-state index contributed by atoms with van der Waals surface area (Å²) < 4.78 is 2.26. The van der Waals surface area contributed by atoms with Crippen molar-refractivity contribution in [2.75, 3.05) is 45.1 Å². The molecule has 0 saturated carbocycles. The lowest BCUT2D eigenvalue weighted by Crippen LogP contribution is -2.46. The third-order valence-electron chi connectivity index (χ3n) is 8.40. The van der Waals surface area contributed by atoms with Gasteiger partial charge in [0.25, 0.3) is 5.91 Å². The summed E-state index contributed by atoms with van der Waals surface area (Å²) in [5, 5.41) is 6.18. The summed E-state index contributed by atoms with van der Waals surface area (Å²) in [6.07, 6.45) is 4.91. The zero-order valence-corrected chi connectivity index (χ0v) is 27.4. The number of amides is 2. The van der Waals surface area contributed by atoms with E-state index >= 15 is 0 Å². The summed E-state index contributed by atoms with van der Waals surface area (Å²) in [5.41, 5.74) is 3.74. The number of nitrogens with one attached hydrogen (secondary N) is 2. The number of hydrogen-bond donors (Lipinski definition) is 2. The molecule has 0 bridgehead atoms. The third kappa shape index (κ3) is 8.17. The number of imidazole rings is 1. The molecule has 2 heterocycles. The van der Waals surface area contributed by atoms with Gasteiger partial charge in [0.05, 0.1) is 16.4 Å². The van der Waals surface area contributed by atoms with Crippen molar-refractivity contribution >= 4 is 34.5 Å². The molecule has 1 saturated heterocycles. The number of fused-ring (bicyclic) bond motifs is 1. The number of rotatable bonds is 13. The first-order valence-corrected chi connectivity index (χ1v) is 16.1. The summed E-state index contributed by atoms with van der Waals surface area (Å²) in [4.78, 5) is 35.6. The van der Waals surface area contributed by atoms with E-state index in [1.165, 1.54) is 32.4 Å². The first-order chi connectivity index (χ1) is 20.5. The van der Waals surface area contributed by atoms with E-state index in [1.807, 2.05) is 43.0 Å². The van der Waals surface area contributed by atoms with Crippen molar-refractivity contribution in [1.29, 1.82) is 0 Å². The van der Waals surface area contributed by atoms with Crippen molar-refractivity contribution in [3.05, 3.63) is 53.6 Å². The van der Waals surface area contributed by atoms with Crippen LogP contribution in [-0.4, -0.2) is 70.9 Å². The summed E-state index contributed by atoms with van der Waals surface area (Å²) in [5.74, 6) is 1.63. The van der Waals surface area contributed by atoms with E-state index in [-0.39, 0.29) is 11.8 Å². The number of anilines is 2. The van der Waals surface area contributed by atoms with E-state index < -0.39 is 5.41 Å². The van der Waals surface area contributed by atoms with E-state index in [9.17, 15) is 9.59 Å². The molecule has 8 nitrogen and oxygen atoms in total.